The van der Waals surface area contributed by atoms with E-state index in [1.807, 2.05) is 18.2 Å². The Hall–Kier alpha value is -1.02. The van der Waals surface area contributed by atoms with E-state index in [1.54, 1.807) is 0 Å². The lowest BCUT2D eigenvalue weighted by Crippen LogP contribution is -2.39. The van der Waals surface area contributed by atoms with Gasteiger partial charge in [0.25, 0.3) is 0 Å². The summed E-state index contributed by atoms with van der Waals surface area (Å²) in [6.07, 6.45) is 4.94. The lowest BCUT2D eigenvalue weighted by atomic mass is 9.81. The first-order valence-electron chi connectivity index (χ1n) is 9.05. The van der Waals surface area contributed by atoms with Gasteiger partial charge in [0.2, 0.25) is 0 Å². The maximum Gasteiger partial charge on any atom is 0.189 e. The molecule has 0 bridgehead atoms. The van der Waals surface area contributed by atoms with Crippen LogP contribution in [0.1, 0.15) is 44.2 Å². The lowest BCUT2D eigenvalue weighted by Gasteiger charge is -2.29. The number of nitrogens with zero attached hydrogens (tertiary/aromatic N) is 1. The van der Waals surface area contributed by atoms with Gasteiger partial charge >= 0.3 is 0 Å². The number of guanidine groups is 1. The standard InChI is InChI=1S/C19H27N3O2.HI/c1-19(9-11-24-17(19)13-6-7-13)12-21-18(20)22-15-8-10-23-16-5-3-2-4-14(15)16;/h2-5,13,15,17H,6-12H2,1H3,(H3,20,21,22);1H. The Balaban J connectivity index is 0.00000182. The molecule has 1 aliphatic carbocycles. The lowest BCUT2D eigenvalue weighted by molar-refractivity contribution is 0.0424. The number of hydrogen-bond acceptors (Lipinski definition) is 3. The highest BCUT2D eigenvalue weighted by molar-refractivity contribution is 14.0. The number of aliphatic imine (C=N–C) groups is 1. The molecule has 0 aromatic heterocycles. The van der Waals surface area contributed by atoms with Gasteiger partial charge < -0.3 is 20.5 Å². The molecule has 2 aliphatic heterocycles. The van der Waals surface area contributed by atoms with E-state index in [9.17, 15) is 0 Å². The van der Waals surface area contributed by atoms with E-state index in [0.717, 1.165) is 43.2 Å². The van der Waals surface area contributed by atoms with Crippen molar-refractivity contribution >= 4 is 29.9 Å². The molecule has 1 saturated carbocycles. The van der Waals surface area contributed by atoms with E-state index in [2.05, 4.69) is 23.3 Å². The second-order valence-electron chi connectivity index (χ2n) is 7.61. The average molecular weight is 457 g/mol. The van der Waals surface area contributed by atoms with Crippen molar-refractivity contribution in [1.82, 2.24) is 5.32 Å². The highest BCUT2D eigenvalue weighted by atomic mass is 127. The molecule has 2 fully saturated rings. The molecular weight excluding hydrogens is 429 g/mol. The quantitative estimate of drug-likeness (QED) is 0.414. The van der Waals surface area contributed by atoms with Crippen molar-refractivity contribution in [2.75, 3.05) is 19.8 Å². The van der Waals surface area contributed by atoms with Gasteiger partial charge in [-0.3, -0.25) is 4.99 Å². The van der Waals surface area contributed by atoms with Crippen molar-refractivity contribution in [3.8, 4) is 5.75 Å². The van der Waals surface area contributed by atoms with Gasteiger partial charge in [0.15, 0.2) is 5.96 Å². The molecule has 2 heterocycles. The van der Waals surface area contributed by atoms with E-state index in [0.29, 0.717) is 18.7 Å². The number of fused-ring (bicyclic) bond motifs is 1. The molecule has 1 aromatic carbocycles. The SMILES string of the molecule is CC1(CN=C(N)NC2CCOc3ccccc32)CCOC1C1CC1.I. The summed E-state index contributed by atoms with van der Waals surface area (Å²) in [5.41, 5.74) is 7.48. The first kappa shape index (κ1) is 18.8. The van der Waals surface area contributed by atoms with Crippen LogP contribution < -0.4 is 15.8 Å². The predicted octanol–water partition coefficient (Wildman–Crippen LogP) is 3.24. The zero-order valence-electron chi connectivity index (χ0n) is 14.7. The fraction of sp³-hybridized carbons (Fsp3) is 0.632. The summed E-state index contributed by atoms with van der Waals surface area (Å²) in [6, 6.07) is 8.30. The van der Waals surface area contributed by atoms with Gasteiger partial charge in [-0.1, -0.05) is 25.1 Å². The number of nitrogens with two attached hydrogens (primary N) is 1. The molecule has 25 heavy (non-hydrogen) atoms. The second-order valence-corrected chi connectivity index (χ2v) is 7.61. The Kier molecular flexibility index (Phi) is 5.78. The Bertz CT molecular complexity index is 635. The molecule has 1 aromatic rings. The minimum atomic E-state index is 0. The summed E-state index contributed by atoms with van der Waals surface area (Å²) in [7, 11) is 0. The minimum absolute atomic E-state index is 0. The van der Waals surface area contributed by atoms with Crippen molar-refractivity contribution in [3.05, 3.63) is 29.8 Å². The molecule has 138 valence electrons. The maximum atomic E-state index is 6.19. The number of rotatable bonds is 4. The van der Waals surface area contributed by atoms with Crippen molar-refractivity contribution in [2.45, 2.75) is 44.8 Å². The first-order chi connectivity index (χ1) is 11.7. The van der Waals surface area contributed by atoms with Crippen molar-refractivity contribution in [3.63, 3.8) is 0 Å². The van der Waals surface area contributed by atoms with Gasteiger partial charge in [0.05, 0.1) is 25.3 Å². The van der Waals surface area contributed by atoms with E-state index in [-0.39, 0.29) is 35.4 Å². The fourth-order valence-electron chi connectivity index (χ4n) is 4.02. The third kappa shape index (κ3) is 4.05. The summed E-state index contributed by atoms with van der Waals surface area (Å²) in [6.45, 7) is 4.59. The normalized spacial score (nSPS) is 31.6. The van der Waals surface area contributed by atoms with Crippen LogP contribution in [-0.2, 0) is 4.74 Å². The Morgan fingerprint density at radius 1 is 1.28 bits per heavy atom. The molecule has 0 spiro atoms. The van der Waals surface area contributed by atoms with Crippen molar-refractivity contribution in [2.24, 2.45) is 22.1 Å². The van der Waals surface area contributed by atoms with Gasteiger partial charge in [-0.25, -0.2) is 0 Å². The van der Waals surface area contributed by atoms with E-state index < -0.39 is 0 Å². The first-order valence-corrected chi connectivity index (χ1v) is 9.05. The van der Waals surface area contributed by atoms with Crippen LogP contribution in [0.15, 0.2) is 29.3 Å². The molecule has 3 aliphatic rings. The van der Waals surface area contributed by atoms with Gasteiger partial charge in [-0.15, -0.1) is 24.0 Å². The number of halogens is 1. The molecule has 0 radical (unpaired) electrons. The van der Waals surface area contributed by atoms with Crippen molar-refractivity contribution in [1.29, 1.82) is 0 Å². The van der Waals surface area contributed by atoms with E-state index >= 15 is 0 Å². The predicted molar refractivity (Wildman–Crippen MR) is 110 cm³/mol. The Labute approximate surface area is 166 Å². The number of para-hydroxylation sites is 1. The highest BCUT2D eigenvalue weighted by Gasteiger charge is 2.48. The van der Waals surface area contributed by atoms with Crippen LogP contribution in [0.25, 0.3) is 0 Å². The molecule has 1 saturated heterocycles. The zero-order chi connectivity index (χ0) is 16.6. The summed E-state index contributed by atoms with van der Waals surface area (Å²) in [4.78, 5) is 4.67. The summed E-state index contributed by atoms with van der Waals surface area (Å²) < 4.78 is 11.7. The number of hydrogen-bond donors (Lipinski definition) is 2. The molecule has 0 amide bonds. The molecule has 3 N–H and O–H groups in total. The molecule has 3 atom stereocenters. The topological polar surface area (TPSA) is 68.9 Å². The average Bonchev–Trinajstić information content (AvgIpc) is 3.36. The summed E-state index contributed by atoms with van der Waals surface area (Å²) in [5, 5.41) is 3.38. The highest BCUT2D eigenvalue weighted by Crippen LogP contribution is 2.47. The third-order valence-electron chi connectivity index (χ3n) is 5.60. The van der Waals surface area contributed by atoms with Gasteiger partial charge in [0, 0.05) is 24.0 Å². The van der Waals surface area contributed by atoms with Crippen LogP contribution in [0.4, 0.5) is 0 Å². The van der Waals surface area contributed by atoms with Crippen molar-refractivity contribution < 1.29 is 9.47 Å². The van der Waals surface area contributed by atoms with Crippen LogP contribution >= 0.6 is 24.0 Å². The van der Waals surface area contributed by atoms with Crippen LogP contribution in [0.5, 0.6) is 5.75 Å². The molecule has 3 unspecified atom stereocenters. The van der Waals surface area contributed by atoms with E-state index in [1.165, 1.54) is 12.8 Å². The van der Waals surface area contributed by atoms with Gasteiger partial charge in [-0.05, 0) is 31.2 Å². The third-order valence-corrected chi connectivity index (χ3v) is 5.60. The second kappa shape index (κ2) is 7.70. The Morgan fingerprint density at radius 2 is 2.08 bits per heavy atom. The number of benzene rings is 1. The molecule has 5 nitrogen and oxygen atoms in total. The van der Waals surface area contributed by atoms with Gasteiger partial charge in [0.1, 0.15) is 5.75 Å². The zero-order valence-corrected chi connectivity index (χ0v) is 17.1. The summed E-state index contributed by atoms with van der Waals surface area (Å²) in [5.74, 6) is 2.21. The molecular formula is C19H28IN3O2. The smallest absolute Gasteiger partial charge is 0.189 e. The van der Waals surface area contributed by atoms with Crippen LogP contribution in [0.2, 0.25) is 0 Å². The number of nitrogens with one attached hydrogen (secondary N) is 1. The number of ether oxygens (including phenoxy) is 2. The van der Waals surface area contributed by atoms with Crippen LogP contribution in [0, 0.1) is 11.3 Å². The molecule has 6 heteroatoms. The largest absolute Gasteiger partial charge is 0.493 e. The molecule has 4 rings (SSSR count). The minimum Gasteiger partial charge on any atom is -0.493 e. The van der Waals surface area contributed by atoms with Crippen LogP contribution in [-0.4, -0.2) is 31.8 Å². The fourth-order valence-corrected chi connectivity index (χ4v) is 4.02. The maximum absolute atomic E-state index is 6.19. The van der Waals surface area contributed by atoms with Gasteiger partial charge in [-0.2, -0.15) is 0 Å². The Morgan fingerprint density at radius 3 is 2.88 bits per heavy atom. The van der Waals surface area contributed by atoms with Crippen LogP contribution in [0.3, 0.4) is 0 Å². The monoisotopic (exact) mass is 457 g/mol. The van der Waals surface area contributed by atoms with E-state index in [4.69, 9.17) is 15.2 Å². The summed E-state index contributed by atoms with van der Waals surface area (Å²) >= 11 is 0.